The second-order valence-electron chi connectivity index (χ2n) is 6.75. The molecule has 4 rings (SSSR count). The zero-order chi connectivity index (χ0) is 19.5. The van der Waals surface area contributed by atoms with Crippen LogP contribution in [0.2, 0.25) is 0 Å². The normalized spacial score (nSPS) is 14.3. The lowest BCUT2D eigenvalue weighted by atomic mass is 10.2. The molecule has 7 heteroatoms. The number of aromatic nitrogens is 2. The predicted molar refractivity (Wildman–Crippen MR) is 108 cm³/mol. The Morgan fingerprint density at radius 1 is 1.07 bits per heavy atom. The highest BCUT2D eigenvalue weighted by Crippen LogP contribution is 2.22. The van der Waals surface area contributed by atoms with Crippen molar-refractivity contribution in [1.82, 2.24) is 14.7 Å². The predicted octanol–water partition coefficient (Wildman–Crippen LogP) is 1.75. The van der Waals surface area contributed by atoms with Gasteiger partial charge in [0.1, 0.15) is 12.3 Å². The van der Waals surface area contributed by atoms with Crippen molar-refractivity contribution >= 4 is 22.5 Å². The first kappa shape index (κ1) is 18.0. The molecule has 0 radical (unpaired) electrons. The van der Waals surface area contributed by atoms with Gasteiger partial charge in [-0.15, -0.1) is 0 Å². The number of benzene rings is 2. The molecule has 0 N–H and O–H groups in total. The van der Waals surface area contributed by atoms with Crippen molar-refractivity contribution in [2.45, 2.75) is 6.54 Å². The van der Waals surface area contributed by atoms with E-state index in [1.54, 1.807) is 17.9 Å². The number of fused-ring (bicyclic) bond motifs is 1. The van der Waals surface area contributed by atoms with Crippen LogP contribution in [0.25, 0.3) is 10.9 Å². The maximum atomic E-state index is 12.8. The van der Waals surface area contributed by atoms with Crippen molar-refractivity contribution in [2.75, 3.05) is 38.2 Å². The Balaban J connectivity index is 1.43. The van der Waals surface area contributed by atoms with Gasteiger partial charge in [-0.25, -0.2) is 0 Å². The van der Waals surface area contributed by atoms with E-state index in [9.17, 15) is 9.59 Å². The van der Waals surface area contributed by atoms with E-state index in [1.807, 2.05) is 41.3 Å². The fraction of sp³-hybridized carbons (Fsp3) is 0.286. The van der Waals surface area contributed by atoms with Crippen LogP contribution in [-0.2, 0) is 11.3 Å². The van der Waals surface area contributed by atoms with Crippen molar-refractivity contribution in [3.8, 4) is 5.75 Å². The second kappa shape index (κ2) is 7.72. The lowest BCUT2D eigenvalue weighted by Crippen LogP contribution is -2.49. The minimum atomic E-state index is -0.133. The summed E-state index contributed by atoms with van der Waals surface area (Å²) in [6.45, 7) is 2.94. The average molecular weight is 378 g/mol. The summed E-state index contributed by atoms with van der Waals surface area (Å²) in [4.78, 5) is 28.8. The SMILES string of the molecule is COc1cccc(N2CCN(C(=O)Cn3ncc(=O)c4ccccc43)CC2)c1. The van der Waals surface area contributed by atoms with E-state index in [2.05, 4.69) is 16.1 Å². The molecule has 1 amide bonds. The van der Waals surface area contributed by atoms with E-state index in [0.717, 1.165) is 24.5 Å². The number of methoxy groups -OCH3 is 1. The topological polar surface area (TPSA) is 67.7 Å². The van der Waals surface area contributed by atoms with Gasteiger partial charge in [0.15, 0.2) is 0 Å². The number of carbonyl (C=O) groups excluding carboxylic acids is 1. The molecule has 1 fully saturated rings. The highest BCUT2D eigenvalue weighted by atomic mass is 16.5. The summed E-state index contributed by atoms with van der Waals surface area (Å²) < 4.78 is 6.90. The molecular weight excluding hydrogens is 356 g/mol. The third kappa shape index (κ3) is 3.55. The van der Waals surface area contributed by atoms with Gasteiger partial charge in [-0.2, -0.15) is 5.10 Å². The molecule has 1 aliphatic rings. The Hall–Kier alpha value is -3.35. The van der Waals surface area contributed by atoms with Gasteiger partial charge < -0.3 is 14.5 Å². The molecule has 0 aliphatic carbocycles. The fourth-order valence-corrected chi connectivity index (χ4v) is 3.54. The maximum absolute atomic E-state index is 12.8. The van der Waals surface area contributed by atoms with Gasteiger partial charge in [-0.3, -0.25) is 14.3 Å². The van der Waals surface area contributed by atoms with Crippen LogP contribution in [0.1, 0.15) is 0 Å². The van der Waals surface area contributed by atoms with E-state index in [1.165, 1.54) is 6.20 Å². The lowest BCUT2D eigenvalue weighted by molar-refractivity contribution is -0.132. The third-order valence-corrected chi connectivity index (χ3v) is 5.10. The van der Waals surface area contributed by atoms with E-state index in [0.29, 0.717) is 24.0 Å². The standard InChI is InChI=1S/C21H22N4O3/c1-28-17-6-4-5-16(13-17)23-9-11-24(12-10-23)21(27)15-25-19-8-3-2-7-18(19)20(26)14-22-25/h2-8,13-14H,9-12,15H2,1H3. The van der Waals surface area contributed by atoms with Crippen molar-refractivity contribution in [1.29, 1.82) is 0 Å². The van der Waals surface area contributed by atoms with E-state index in [4.69, 9.17) is 4.74 Å². The summed E-state index contributed by atoms with van der Waals surface area (Å²) in [5, 5.41) is 4.73. The highest BCUT2D eigenvalue weighted by molar-refractivity contribution is 5.81. The Morgan fingerprint density at radius 3 is 2.64 bits per heavy atom. The molecular formula is C21H22N4O3. The van der Waals surface area contributed by atoms with Crippen LogP contribution in [0, 0.1) is 0 Å². The molecule has 1 aromatic heterocycles. The highest BCUT2D eigenvalue weighted by Gasteiger charge is 2.22. The molecule has 7 nitrogen and oxygen atoms in total. The molecule has 3 aromatic rings. The first-order chi connectivity index (χ1) is 13.7. The number of amides is 1. The van der Waals surface area contributed by atoms with Crippen LogP contribution in [0.4, 0.5) is 5.69 Å². The number of ether oxygens (including phenoxy) is 1. The zero-order valence-electron chi connectivity index (χ0n) is 15.7. The van der Waals surface area contributed by atoms with Gasteiger partial charge in [-0.1, -0.05) is 18.2 Å². The third-order valence-electron chi connectivity index (χ3n) is 5.10. The molecule has 0 spiro atoms. The van der Waals surface area contributed by atoms with Gasteiger partial charge in [0, 0.05) is 43.3 Å². The van der Waals surface area contributed by atoms with E-state index in [-0.39, 0.29) is 17.9 Å². The summed E-state index contributed by atoms with van der Waals surface area (Å²) >= 11 is 0. The number of para-hydroxylation sites is 1. The number of rotatable bonds is 4. The number of nitrogens with zero attached hydrogens (tertiary/aromatic N) is 4. The van der Waals surface area contributed by atoms with E-state index < -0.39 is 0 Å². The summed E-state index contributed by atoms with van der Waals surface area (Å²) in [6, 6.07) is 15.2. The minimum Gasteiger partial charge on any atom is -0.497 e. The summed E-state index contributed by atoms with van der Waals surface area (Å²) in [5.74, 6) is 0.832. The molecule has 0 bridgehead atoms. The summed E-state index contributed by atoms with van der Waals surface area (Å²) in [7, 11) is 1.66. The van der Waals surface area contributed by atoms with Crippen molar-refractivity contribution in [3.63, 3.8) is 0 Å². The van der Waals surface area contributed by atoms with Crippen LogP contribution >= 0.6 is 0 Å². The molecule has 2 aromatic carbocycles. The first-order valence-electron chi connectivity index (χ1n) is 9.27. The maximum Gasteiger partial charge on any atom is 0.244 e. The van der Waals surface area contributed by atoms with Crippen LogP contribution in [0.3, 0.4) is 0 Å². The van der Waals surface area contributed by atoms with Crippen LogP contribution in [-0.4, -0.2) is 53.9 Å². The summed E-state index contributed by atoms with van der Waals surface area (Å²) in [5.41, 5.74) is 1.64. The second-order valence-corrected chi connectivity index (χ2v) is 6.75. The van der Waals surface area contributed by atoms with Gasteiger partial charge >= 0.3 is 0 Å². The quantitative estimate of drug-likeness (QED) is 0.692. The molecule has 144 valence electrons. The lowest BCUT2D eigenvalue weighted by Gasteiger charge is -2.36. The van der Waals surface area contributed by atoms with Gasteiger partial charge in [0.2, 0.25) is 11.3 Å². The molecule has 1 saturated heterocycles. The van der Waals surface area contributed by atoms with Crippen molar-refractivity contribution in [2.24, 2.45) is 0 Å². The molecule has 28 heavy (non-hydrogen) atoms. The Bertz CT molecular complexity index is 1050. The number of hydrogen-bond acceptors (Lipinski definition) is 5. The van der Waals surface area contributed by atoms with Gasteiger partial charge in [-0.05, 0) is 24.3 Å². The minimum absolute atomic E-state index is 0.00611. The van der Waals surface area contributed by atoms with Gasteiger partial charge in [0.05, 0.1) is 18.8 Å². The van der Waals surface area contributed by atoms with Gasteiger partial charge in [0.25, 0.3) is 0 Å². The number of piperazine rings is 1. The Kier molecular flexibility index (Phi) is 4.97. The van der Waals surface area contributed by atoms with Crippen LogP contribution in [0.5, 0.6) is 5.75 Å². The molecule has 2 heterocycles. The monoisotopic (exact) mass is 378 g/mol. The average Bonchev–Trinajstić information content (AvgIpc) is 2.76. The smallest absolute Gasteiger partial charge is 0.244 e. The number of carbonyl (C=O) groups is 1. The Labute approximate surface area is 162 Å². The van der Waals surface area contributed by atoms with E-state index >= 15 is 0 Å². The molecule has 0 atom stereocenters. The molecule has 0 saturated carbocycles. The van der Waals surface area contributed by atoms with Crippen LogP contribution in [0.15, 0.2) is 59.5 Å². The summed E-state index contributed by atoms with van der Waals surface area (Å²) in [6.07, 6.45) is 1.27. The Morgan fingerprint density at radius 2 is 1.86 bits per heavy atom. The number of hydrogen-bond donors (Lipinski definition) is 0. The van der Waals surface area contributed by atoms with Crippen molar-refractivity contribution < 1.29 is 9.53 Å². The van der Waals surface area contributed by atoms with Crippen molar-refractivity contribution in [3.05, 3.63) is 65.0 Å². The molecule has 1 aliphatic heterocycles. The van der Waals surface area contributed by atoms with Crippen LogP contribution < -0.4 is 15.1 Å². The largest absolute Gasteiger partial charge is 0.497 e. The first-order valence-corrected chi connectivity index (χ1v) is 9.27. The zero-order valence-corrected chi connectivity index (χ0v) is 15.7. The number of anilines is 1. The fourth-order valence-electron chi connectivity index (χ4n) is 3.54. The molecule has 0 unspecified atom stereocenters.